The van der Waals surface area contributed by atoms with Gasteiger partial charge in [0.2, 0.25) is 11.8 Å². The Bertz CT molecular complexity index is 1800. The number of aromatic amines is 1. The van der Waals surface area contributed by atoms with E-state index < -0.39 is 6.04 Å². The number of fused-ring (bicyclic) bond motifs is 1. The first kappa shape index (κ1) is 34.0. The zero-order valence-electron chi connectivity index (χ0n) is 27.3. The van der Waals surface area contributed by atoms with Crippen molar-refractivity contribution in [2.75, 3.05) is 39.3 Å². The Morgan fingerprint density at radius 1 is 0.917 bits per heavy atom. The molecule has 2 saturated heterocycles. The van der Waals surface area contributed by atoms with Gasteiger partial charge in [-0.05, 0) is 74.6 Å². The van der Waals surface area contributed by atoms with Crippen LogP contribution in [0, 0.1) is 13.8 Å². The molecule has 2 aliphatic heterocycles. The molecule has 0 aliphatic carbocycles. The number of nitrogens with two attached hydrogens (primary N) is 1. The minimum absolute atomic E-state index is 0.0486. The minimum Gasteiger partial charge on any atom is -0.361 e. The Labute approximate surface area is 291 Å². The summed E-state index contributed by atoms with van der Waals surface area (Å²) in [6.45, 7) is 6.44. The number of H-pyrrole nitrogens is 1. The van der Waals surface area contributed by atoms with Crippen LogP contribution in [0.15, 0.2) is 66.9 Å². The Balaban J connectivity index is 1.05. The smallest absolute Gasteiger partial charge is 0.254 e. The van der Waals surface area contributed by atoms with Gasteiger partial charge in [-0.15, -0.1) is 0 Å². The second-order valence-electron chi connectivity index (χ2n) is 13.1. The summed E-state index contributed by atoms with van der Waals surface area (Å²) in [5.74, 6) is -0.157. The van der Waals surface area contributed by atoms with Crippen LogP contribution >= 0.6 is 23.2 Å². The molecule has 252 valence electrons. The van der Waals surface area contributed by atoms with Gasteiger partial charge in [0.25, 0.3) is 5.91 Å². The third kappa shape index (κ3) is 7.55. The largest absolute Gasteiger partial charge is 0.361 e. The van der Waals surface area contributed by atoms with Gasteiger partial charge in [0.05, 0.1) is 28.7 Å². The number of piperidine rings is 1. The van der Waals surface area contributed by atoms with Gasteiger partial charge in [-0.25, -0.2) is 0 Å². The maximum Gasteiger partial charge on any atom is 0.254 e. The molecule has 2 atom stereocenters. The number of rotatable bonds is 8. The SMILES string of the molecule is Cc1cc(C)cc(C(=O)N2CCN(C(=O)CNC3CCN(C(=O)[C@@H](N)Cc4c[nH]c5ccccc45)CC3)[C@H](c3ccc(Cl)c(Cl)c3)C2)c1. The molecule has 0 spiro atoms. The van der Waals surface area contributed by atoms with Gasteiger partial charge in [-0.2, -0.15) is 0 Å². The van der Waals surface area contributed by atoms with Crippen LogP contribution in [0.5, 0.6) is 0 Å². The molecule has 2 fully saturated rings. The van der Waals surface area contributed by atoms with E-state index >= 15 is 0 Å². The van der Waals surface area contributed by atoms with Crippen molar-refractivity contribution in [1.82, 2.24) is 25.0 Å². The van der Waals surface area contributed by atoms with E-state index in [1.165, 1.54) is 0 Å². The van der Waals surface area contributed by atoms with Crippen LogP contribution in [-0.4, -0.2) is 88.8 Å². The predicted molar refractivity (Wildman–Crippen MR) is 190 cm³/mol. The number of aryl methyl sites for hydroxylation is 2. The van der Waals surface area contributed by atoms with E-state index in [0.29, 0.717) is 54.8 Å². The number of nitrogens with one attached hydrogen (secondary N) is 2. The van der Waals surface area contributed by atoms with Gasteiger partial charge >= 0.3 is 0 Å². The molecule has 0 saturated carbocycles. The Kier molecular flexibility index (Phi) is 10.4. The average molecular weight is 690 g/mol. The summed E-state index contributed by atoms with van der Waals surface area (Å²) in [6.07, 6.45) is 3.86. The third-order valence-electron chi connectivity index (χ3n) is 9.57. The molecule has 0 bridgehead atoms. The maximum absolute atomic E-state index is 13.7. The van der Waals surface area contributed by atoms with Crippen LogP contribution in [0.25, 0.3) is 10.9 Å². The van der Waals surface area contributed by atoms with Crippen molar-refractivity contribution in [1.29, 1.82) is 0 Å². The topological polar surface area (TPSA) is 115 Å². The molecule has 9 nitrogen and oxygen atoms in total. The van der Waals surface area contributed by atoms with Gasteiger partial charge in [-0.3, -0.25) is 14.4 Å². The van der Waals surface area contributed by atoms with E-state index in [-0.39, 0.29) is 36.3 Å². The number of piperazine rings is 1. The van der Waals surface area contributed by atoms with Crippen LogP contribution in [-0.2, 0) is 16.0 Å². The second-order valence-corrected chi connectivity index (χ2v) is 13.9. The monoisotopic (exact) mass is 688 g/mol. The standard InChI is InChI=1S/C37H42Cl2N6O3/c1-23-15-24(2)17-26(16-23)36(47)44-13-14-45(34(22-44)25-7-8-30(38)31(39)18-25)35(46)21-41-28-9-11-43(12-10-28)37(48)32(40)19-27-20-42-33-6-4-3-5-29(27)33/h3-8,15-18,20,28,32,34,41-42H,9-14,19,21-22,40H2,1-2H3/t32-,34-/m0/s1. The molecule has 1 aromatic heterocycles. The van der Waals surface area contributed by atoms with E-state index in [2.05, 4.69) is 10.3 Å². The molecule has 6 rings (SSSR count). The van der Waals surface area contributed by atoms with E-state index in [4.69, 9.17) is 28.9 Å². The Morgan fingerprint density at radius 2 is 1.65 bits per heavy atom. The maximum atomic E-state index is 13.7. The fraction of sp³-hybridized carbons (Fsp3) is 0.378. The number of benzene rings is 3. The number of amides is 3. The zero-order chi connectivity index (χ0) is 33.9. The summed E-state index contributed by atoms with van der Waals surface area (Å²) >= 11 is 12.6. The highest BCUT2D eigenvalue weighted by atomic mass is 35.5. The van der Waals surface area contributed by atoms with Crippen molar-refractivity contribution in [3.8, 4) is 0 Å². The van der Waals surface area contributed by atoms with E-state index in [9.17, 15) is 14.4 Å². The van der Waals surface area contributed by atoms with Crippen molar-refractivity contribution >= 4 is 51.8 Å². The van der Waals surface area contributed by atoms with E-state index in [1.807, 2.05) is 83.3 Å². The number of hydrogen-bond donors (Lipinski definition) is 3. The van der Waals surface area contributed by atoms with Gasteiger partial charge in [-0.1, -0.05) is 64.7 Å². The van der Waals surface area contributed by atoms with Crippen LogP contribution in [0.1, 0.15) is 51.5 Å². The van der Waals surface area contributed by atoms with Gasteiger partial charge in [0.1, 0.15) is 0 Å². The number of para-hydroxylation sites is 1. The van der Waals surface area contributed by atoms with Crippen molar-refractivity contribution < 1.29 is 14.4 Å². The number of carbonyl (C=O) groups is 3. The Morgan fingerprint density at radius 3 is 2.38 bits per heavy atom. The van der Waals surface area contributed by atoms with Crippen LogP contribution < -0.4 is 11.1 Å². The highest BCUT2D eigenvalue weighted by Gasteiger charge is 2.35. The minimum atomic E-state index is -0.617. The predicted octanol–water partition coefficient (Wildman–Crippen LogP) is 5.27. The van der Waals surface area contributed by atoms with Gasteiger partial charge in [0.15, 0.2) is 0 Å². The summed E-state index contributed by atoms with van der Waals surface area (Å²) in [5.41, 5.74) is 12.0. The first-order valence-electron chi connectivity index (χ1n) is 16.5. The lowest BCUT2D eigenvalue weighted by Crippen LogP contribution is -2.55. The van der Waals surface area contributed by atoms with Crippen LogP contribution in [0.3, 0.4) is 0 Å². The van der Waals surface area contributed by atoms with Crippen LogP contribution in [0.2, 0.25) is 10.0 Å². The lowest BCUT2D eigenvalue weighted by atomic mass is 10.00. The second kappa shape index (κ2) is 14.7. The molecule has 0 radical (unpaired) electrons. The number of carbonyl (C=O) groups excluding carboxylic acids is 3. The quantitative estimate of drug-likeness (QED) is 0.234. The first-order chi connectivity index (χ1) is 23.1. The lowest BCUT2D eigenvalue weighted by Gasteiger charge is -2.42. The normalized spacial score (nSPS) is 17.9. The lowest BCUT2D eigenvalue weighted by molar-refractivity contribution is -0.136. The number of halogens is 2. The molecule has 11 heteroatoms. The summed E-state index contributed by atoms with van der Waals surface area (Å²) < 4.78 is 0. The molecular weight excluding hydrogens is 647 g/mol. The summed E-state index contributed by atoms with van der Waals surface area (Å²) in [6, 6.07) is 18.3. The van der Waals surface area contributed by atoms with Crippen molar-refractivity contribution in [3.63, 3.8) is 0 Å². The molecule has 48 heavy (non-hydrogen) atoms. The molecule has 3 amide bonds. The van der Waals surface area contributed by atoms with Crippen molar-refractivity contribution in [2.24, 2.45) is 5.73 Å². The van der Waals surface area contributed by atoms with E-state index in [1.54, 1.807) is 12.1 Å². The fourth-order valence-electron chi connectivity index (χ4n) is 7.05. The number of nitrogens with zero attached hydrogens (tertiary/aromatic N) is 3. The zero-order valence-corrected chi connectivity index (χ0v) is 28.9. The average Bonchev–Trinajstić information content (AvgIpc) is 3.49. The van der Waals surface area contributed by atoms with Crippen LogP contribution in [0.4, 0.5) is 0 Å². The number of likely N-dealkylation sites (tertiary alicyclic amines) is 1. The number of hydrogen-bond acceptors (Lipinski definition) is 5. The van der Waals surface area contributed by atoms with Crippen molar-refractivity contribution in [2.45, 2.75) is 51.2 Å². The van der Waals surface area contributed by atoms with Gasteiger partial charge < -0.3 is 30.7 Å². The molecule has 4 N–H and O–H groups in total. The molecule has 3 heterocycles. The fourth-order valence-corrected chi connectivity index (χ4v) is 7.35. The van der Waals surface area contributed by atoms with Gasteiger partial charge in [0, 0.05) is 61.4 Å². The molecular formula is C37H42Cl2N6O3. The third-order valence-corrected chi connectivity index (χ3v) is 10.3. The number of aromatic nitrogens is 1. The highest BCUT2D eigenvalue weighted by molar-refractivity contribution is 6.42. The molecule has 4 aromatic rings. The molecule has 3 aromatic carbocycles. The molecule has 0 unspecified atom stereocenters. The van der Waals surface area contributed by atoms with Crippen molar-refractivity contribution in [3.05, 3.63) is 105 Å². The first-order valence-corrected chi connectivity index (χ1v) is 17.3. The van der Waals surface area contributed by atoms with E-state index in [0.717, 1.165) is 46.0 Å². The Hall–Kier alpha value is -3.89. The summed E-state index contributed by atoms with van der Waals surface area (Å²) in [7, 11) is 0. The summed E-state index contributed by atoms with van der Waals surface area (Å²) in [4.78, 5) is 49.3. The molecule has 2 aliphatic rings. The highest BCUT2D eigenvalue weighted by Crippen LogP contribution is 2.32. The summed E-state index contributed by atoms with van der Waals surface area (Å²) in [5, 5.41) is 5.36.